The lowest BCUT2D eigenvalue weighted by atomic mass is 10.1. The zero-order valence-corrected chi connectivity index (χ0v) is 10.4. The maximum atomic E-state index is 9.67. The number of rotatable bonds is 3. The summed E-state index contributed by atoms with van der Waals surface area (Å²) in [5.41, 5.74) is -0.615. The van der Waals surface area contributed by atoms with Gasteiger partial charge in [0.25, 0.3) is 0 Å². The lowest BCUT2D eigenvalue weighted by molar-refractivity contribution is -0.235. The van der Waals surface area contributed by atoms with Crippen molar-refractivity contribution in [1.82, 2.24) is 0 Å². The van der Waals surface area contributed by atoms with Crippen LogP contribution < -0.4 is 0 Å². The Morgan fingerprint density at radius 1 is 0.857 bits per heavy atom. The molecule has 3 heteroatoms. The Labute approximate surface area is 87.4 Å². The first-order chi connectivity index (χ1) is 6.01. The minimum absolute atomic E-state index is 0.262. The van der Waals surface area contributed by atoms with E-state index in [0.717, 1.165) is 0 Å². The first-order valence-corrected chi connectivity index (χ1v) is 5.05. The highest BCUT2D eigenvalue weighted by Gasteiger charge is 2.25. The first kappa shape index (κ1) is 13.9. The van der Waals surface area contributed by atoms with E-state index in [4.69, 9.17) is 9.47 Å². The molecule has 0 aliphatic carbocycles. The summed E-state index contributed by atoms with van der Waals surface area (Å²) in [6.45, 7) is 13.4. The zero-order valence-electron chi connectivity index (χ0n) is 10.4. The van der Waals surface area contributed by atoms with Crippen LogP contribution in [-0.2, 0) is 9.47 Å². The van der Waals surface area contributed by atoms with Crippen LogP contribution in [0.3, 0.4) is 0 Å². The molecule has 0 saturated carbocycles. The van der Waals surface area contributed by atoms with Gasteiger partial charge in [0.2, 0.25) is 0 Å². The van der Waals surface area contributed by atoms with Crippen LogP contribution in [0.1, 0.15) is 48.5 Å². The van der Waals surface area contributed by atoms with Gasteiger partial charge in [-0.1, -0.05) is 0 Å². The average Bonchev–Trinajstić information content (AvgIpc) is 1.78. The van der Waals surface area contributed by atoms with Gasteiger partial charge in [-0.05, 0) is 48.5 Å². The molecular weight excluding hydrogens is 180 g/mol. The van der Waals surface area contributed by atoms with Crippen molar-refractivity contribution in [2.75, 3.05) is 0 Å². The summed E-state index contributed by atoms with van der Waals surface area (Å²) in [5, 5.41) is 9.67. The van der Waals surface area contributed by atoms with Crippen LogP contribution in [0.5, 0.6) is 0 Å². The summed E-state index contributed by atoms with van der Waals surface area (Å²) in [6, 6.07) is 0. The molecule has 0 aliphatic heterocycles. The van der Waals surface area contributed by atoms with Crippen molar-refractivity contribution in [2.24, 2.45) is 0 Å². The Kier molecular flexibility index (Phi) is 4.56. The number of hydrogen-bond donors (Lipinski definition) is 1. The molecule has 2 unspecified atom stereocenters. The Balaban J connectivity index is 4.07. The van der Waals surface area contributed by atoms with Gasteiger partial charge in [-0.15, -0.1) is 0 Å². The smallest absolute Gasteiger partial charge is 0.181 e. The summed E-state index contributed by atoms with van der Waals surface area (Å²) in [4.78, 5) is 0. The second kappa shape index (κ2) is 4.60. The van der Waals surface area contributed by atoms with Gasteiger partial charge in [0.05, 0.1) is 11.2 Å². The van der Waals surface area contributed by atoms with E-state index < -0.39 is 6.29 Å². The van der Waals surface area contributed by atoms with E-state index in [1.807, 2.05) is 48.5 Å². The lowest BCUT2D eigenvalue weighted by Crippen LogP contribution is -2.39. The Morgan fingerprint density at radius 3 is 1.50 bits per heavy atom. The predicted octanol–water partition coefficient (Wildman–Crippen LogP) is 2.32. The topological polar surface area (TPSA) is 38.7 Å². The molecule has 0 saturated heterocycles. The van der Waals surface area contributed by atoms with Crippen LogP contribution in [0.25, 0.3) is 0 Å². The van der Waals surface area contributed by atoms with Gasteiger partial charge in [-0.3, -0.25) is 0 Å². The van der Waals surface area contributed by atoms with Crippen molar-refractivity contribution < 1.29 is 14.6 Å². The van der Waals surface area contributed by atoms with Gasteiger partial charge < -0.3 is 14.6 Å². The number of aliphatic hydroxyl groups is 1. The Hall–Kier alpha value is -0.120. The predicted molar refractivity (Wildman–Crippen MR) is 57.1 cm³/mol. The molecule has 0 aromatic carbocycles. The second-order valence-electron chi connectivity index (χ2n) is 5.56. The second-order valence-corrected chi connectivity index (χ2v) is 5.56. The SMILES string of the molecule is CC(OC(C)(C)C)C(O)OC(C)(C)C. The summed E-state index contributed by atoms with van der Waals surface area (Å²) in [6.07, 6.45) is -1.21. The molecule has 0 bridgehead atoms. The van der Waals surface area contributed by atoms with Crippen molar-refractivity contribution in [1.29, 1.82) is 0 Å². The van der Waals surface area contributed by atoms with E-state index in [1.165, 1.54) is 0 Å². The molecule has 0 spiro atoms. The van der Waals surface area contributed by atoms with E-state index >= 15 is 0 Å². The molecule has 3 nitrogen and oxygen atoms in total. The van der Waals surface area contributed by atoms with Gasteiger partial charge in [-0.2, -0.15) is 0 Å². The number of hydrogen-bond acceptors (Lipinski definition) is 3. The summed E-state index contributed by atoms with van der Waals surface area (Å²) < 4.78 is 10.9. The standard InChI is InChI=1S/C11H24O3/c1-8(13-10(2,3)4)9(12)14-11(5,6)7/h8-9,12H,1-7H3. The van der Waals surface area contributed by atoms with E-state index in [2.05, 4.69) is 0 Å². The first-order valence-electron chi connectivity index (χ1n) is 5.05. The van der Waals surface area contributed by atoms with Crippen LogP contribution in [0, 0.1) is 0 Å². The van der Waals surface area contributed by atoms with Crippen LogP contribution in [0.2, 0.25) is 0 Å². The number of ether oxygens (including phenoxy) is 2. The molecule has 0 aromatic heterocycles. The molecule has 0 rings (SSSR count). The van der Waals surface area contributed by atoms with Gasteiger partial charge in [0.15, 0.2) is 6.29 Å². The van der Waals surface area contributed by atoms with Crippen molar-refractivity contribution in [2.45, 2.75) is 72.1 Å². The fraction of sp³-hybridized carbons (Fsp3) is 1.00. The monoisotopic (exact) mass is 204 g/mol. The molecular formula is C11H24O3. The van der Waals surface area contributed by atoms with E-state index in [-0.39, 0.29) is 17.3 Å². The average molecular weight is 204 g/mol. The highest BCUT2D eigenvalue weighted by Crippen LogP contribution is 2.17. The maximum Gasteiger partial charge on any atom is 0.181 e. The van der Waals surface area contributed by atoms with Gasteiger partial charge in [-0.25, -0.2) is 0 Å². The molecule has 0 aliphatic rings. The van der Waals surface area contributed by atoms with E-state index in [9.17, 15) is 5.11 Å². The minimum Gasteiger partial charge on any atom is -0.368 e. The van der Waals surface area contributed by atoms with Crippen molar-refractivity contribution in [3.8, 4) is 0 Å². The fourth-order valence-corrected chi connectivity index (χ4v) is 1.07. The quantitative estimate of drug-likeness (QED) is 0.717. The molecule has 0 heterocycles. The zero-order chi connectivity index (χ0) is 11.6. The Bertz CT molecular complexity index is 144. The molecule has 14 heavy (non-hydrogen) atoms. The van der Waals surface area contributed by atoms with Gasteiger partial charge >= 0.3 is 0 Å². The van der Waals surface area contributed by atoms with Crippen molar-refractivity contribution >= 4 is 0 Å². The van der Waals surface area contributed by atoms with E-state index in [0.29, 0.717) is 0 Å². The van der Waals surface area contributed by atoms with E-state index in [1.54, 1.807) is 0 Å². The van der Waals surface area contributed by atoms with Crippen LogP contribution in [0.4, 0.5) is 0 Å². The molecule has 1 N–H and O–H groups in total. The van der Waals surface area contributed by atoms with Crippen LogP contribution >= 0.6 is 0 Å². The molecule has 0 radical (unpaired) electrons. The molecule has 2 atom stereocenters. The lowest BCUT2D eigenvalue weighted by Gasteiger charge is -2.31. The normalized spacial score (nSPS) is 18.0. The van der Waals surface area contributed by atoms with Crippen LogP contribution in [0.15, 0.2) is 0 Å². The van der Waals surface area contributed by atoms with Gasteiger partial charge in [0.1, 0.15) is 6.10 Å². The third kappa shape index (κ3) is 7.30. The molecule has 86 valence electrons. The third-order valence-corrected chi connectivity index (χ3v) is 1.42. The molecule has 0 fully saturated rings. The van der Waals surface area contributed by atoms with Crippen molar-refractivity contribution in [3.05, 3.63) is 0 Å². The summed E-state index contributed by atoms with van der Waals surface area (Å²) in [7, 11) is 0. The largest absolute Gasteiger partial charge is 0.368 e. The van der Waals surface area contributed by atoms with Gasteiger partial charge in [0, 0.05) is 0 Å². The third-order valence-electron chi connectivity index (χ3n) is 1.42. The Morgan fingerprint density at radius 2 is 1.21 bits per heavy atom. The molecule has 0 amide bonds. The fourth-order valence-electron chi connectivity index (χ4n) is 1.07. The number of aliphatic hydroxyl groups excluding tert-OH is 1. The summed E-state index contributed by atoms with van der Waals surface area (Å²) >= 11 is 0. The van der Waals surface area contributed by atoms with Crippen molar-refractivity contribution in [3.63, 3.8) is 0 Å². The van der Waals surface area contributed by atoms with Crippen LogP contribution in [-0.4, -0.2) is 28.7 Å². The minimum atomic E-state index is -0.880. The maximum absolute atomic E-state index is 9.67. The highest BCUT2D eigenvalue weighted by atomic mass is 16.6. The molecule has 0 aromatic rings. The highest BCUT2D eigenvalue weighted by molar-refractivity contribution is 4.68. The summed E-state index contributed by atoms with van der Waals surface area (Å²) in [5.74, 6) is 0.